The number of nitrogens with one attached hydrogen (secondary N) is 1. The van der Waals surface area contributed by atoms with Crippen LogP contribution < -0.4 is 5.32 Å². The zero-order valence-corrected chi connectivity index (χ0v) is 14.2. The molecule has 1 aromatic carbocycles. The number of hydrogen-bond acceptors (Lipinski definition) is 3. The van der Waals surface area contributed by atoms with E-state index in [1.807, 2.05) is 51.4 Å². The minimum absolute atomic E-state index is 0.125. The number of urea groups is 1. The van der Waals surface area contributed by atoms with E-state index in [4.69, 9.17) is 0 Å². The lowest BCUT2D eigenvalue weighted by Crippen LogP contribution is -2.35. The van der Waals surface area contributed by atoms with Crippen LogP contribution in [0.1, 0.15) is 25.8 Å². The average Bonchev–Trinajstić information content (AvgIpc) is 3.13. The van der Waals surface area contributed by atoms with Crippen LogP contribution >= 0.6 is 0 Å². The summed E-state index contributed by atoms with van der Waals surface area (Å²) in [4.78, 5) is 26.2. The summed E-state index contributed by atoms with van der Waals surface area (Å²) in [6.07, 6.45) is 4.55. The van der Waals surface area contributed by atoms with Crippen molar-refractivity contribution < 1.29 is 9.59 Å². The highest BCUT2D eigenvalue weighted by molar-refractivity contribution is 6.04. The van der Waals surface area contributed by atoms with Crippen LogP contribution in [0.2, 0.25) is 0 Å². The molecule has 0 spiro atoms. The Balaban J connectivity index is 1.87. The van der Waals surface area contributed by atoms with Crippen LogP contribution in [-0.2, 0) is 18.4 Å². The lowest BCUT2D eigenvalue weighted by Gasteiger charge is -2.17. The molecule has 1 N–H and O–H groups in total. The van der Waals surface area contributed by atoms with Crippen LogP contribution in [0.5, 0.6) is 0 Å². The van der Waals surface area contributed by atoms with Gasteiger partial charge in [-0.25, -0.2) is 4.79 Å². The Kier molecular flexibility index (Phi) is 4.38. The topological polar surface area (TPSA) is 67.2 Å². The molecule has 3 amide bonds. The van der Waals surface area contributed by atoms with Gasteiger partial charge in [0.25, 0.3) is 5.91 Å². The van der Waals surface area contributed by atoms with E-state index >= 15 is 0 Å². The van der Waals surface area contributed by atoms with Crippen molar-refractivity contribution in [2.45, 2.75) is 32.9 Å². The molecule has 24 heavy (non-hydrogen) atoms. The molecule has 0 unspecified atom stereocenters. The molecule has 3 rings (SSSR count). The average molecular weight is 326 g/mol. The van der Waals surface area contributed by atoms with Gasteiger partial charge in [-0.1, -0.05) is 44.5 Å². The fourth-order valence-corrected chi connectivity index (χ4v) is 2.98. The van der Waals surface area contributed by atoms with Gasteiger partial charge < -0.3 is 5.32 Å². The van der Waals surface area contributed by atoms with Crippen LogP contribution in [0.15, 0.2) is 36.7 Å². The van der Waals surface area contributed by atoms with Gasteiger partial charge in [0.1, 0.15) is 6.04 Å². The molecule has 0 aliphatic carbocycles. The number of aryl methyl sites for hydroxylation is 1. The molecule has 6 nitrogen and oxygen atoms in total. The van der Waals surface area contributed by atoms with Crippen molar-refractivity contribution >= 4 is 11.9 Å². The zero-order chi connectivity index (χ0) is 17.3. The summed E-state index contributed by atoms with van der Waals surface area (Å²) in [5, 5.41) is 7.01. The lowest BCUT2D eigenvalue weighted by molar-refractivity contribution is -0.128. The maximum Gasteiger partial charge on any atom is 0.325 e. The molecule has 0 saturated carbocycles. The highest BCUT2D eigenvalue weighted by atomic mass is 16.2. The van der Waals surface area contributed by atoms with Gasteiger partial charge in [0, 0.05) is 18.8 Å². The van der Waals surface area contributed by atoms with E-state index in [9.17, 15) is 9.59 Å². The minimum atomic E-state index is -0.423. The van der Waals surface area contributed by atoms with Crippen molar-refractivity contribution in [3.63, 3.8) is 0 Å². The van der Waals surface area contributed by atoms with Gasteiger partial charge in [-0.2, -0.15) is 5.10 Å². The van der Waals surface area contributed by atoms with Crippen LogP contribution in [0.4, 0.5) is 4.79 Å². The number of benzene rings is 1. The Morgan fingerprint density at radius 3 is 2.71 bits per heavy atom. The standard InChI is InChI=1S/C18H22N4O2/c1-4-12(2)16-17(23)22(18(24)20-16)11-13-7-5-6-8-15(13)14-9-19-21(3)10-14/h5-10,12,16H,4,11H2,1-3H3,(H,20,24)/t12-,16+/m1/s1. The Morgan fingerprint density at radius 2 is 2.04 bits per heavy atom. The van der Waals surface area contributed by atoms with E-state index in [0.29, 0.717) is 0 Å². The van der Waals surface area contributed by atoms with Crippen molar-refractivity contribution in [1.82, 2.24) is 20.0 Å². The zero-order valence-electron chi connectivity index (χ0n) is 14.2. The molecular weight excluding hydrogens is 304 g/mol. The second-order valence-corrected chi connectivity index (χ2v) is 6.30. The van der Waals surface area contributed by atoms with Crippen LogP contribution in [0.3, 0.4) is 0 Å². The monoisotopic (exact) mass is 326 g/mol. The first-order valence-corrected chi connectivity index (χ1v) is 8.20. The molecule has 2 atom stereocenters. The number of aromatic nitrogens is 2. The summed E-state index contributed by atoms with van der Waals surface area (Å²) in [6, 6.07) is 7.05. The number of rotatable bonds is 5. The van der Waals surface area contributed by atoms with Gasteiger partial charge in [0.2, 0.25) is 0 Å². The van der Waals surface area contributed by atoms with E-state index < -0.39 is 6.04 Å². The molecule has 0 bridgehead atoms. The first-order chi connectivity index (χ1) is 11.5. The van der Waals surface area contributed by atoms with Gasteiger partial charge in [-0.15, -0.1) is 0 Å². The maximum absolute atomic E-state index is 12.6. The van der Waals surface area contributed by atoms with E-state index in [-0.39, 0.29) is 24.4 Å². The van der Waals surface area contributed by atoms with Crippen LogP contribution in [-0.4, -0.2) is 32.7 Å². The quantitative estimate of drug-likeness (QED) is 0.859. The molecule has 0 radical (unpaired) electrons. The van der Waals surface area contributed by atoms with Crippen LogP contribution in [0, 0.1) is 5.92 Å². The Morgan fingerprint density at radius 1 is 1.29 bits per heavy atom. The first-order valence-electron chi connectivity index (χ1n) is 8.20. The highest BCUT2D eigenvalue weighted by Gasteiger charge is 2.40. The predicted octanol–water partition coefficient (Wildman–Crippen LogP) is 2.55. The van der Waals surface area contributed by atoms with Gasteiger partial charge in [0.15, 0.2) is 0 Å². The van der Waals surface area contributed by atoms with E-state index in [1.165, 1.54) is 4.90 Å². The molecule has 2 heterocycles. The molecule has 1 aliphatic heterocycles. The third-order valence-corrected chi connectivity index (χ3v) is 4.63. The van der Waals surface area contributed by atoms with Crippen molar-refractivity contribution in [3.8, 4) is 11.1 Å². The smallest absolute Gasteiger partial charge is 0.325 e. The Hall–Kier alpha value is -2.63. The summed E-state index contributed by atoms with van der Waals surface area (Å²) in [6.45, 7) is 4.27. The number of amides is 3. The molecule has 2 aromatic rings. The maximum atomic E-state index is 12.6. The van der Waals surface area contributed by atoms with Crippen molar-refractivity contribution in [2.75, 3.05) is 0 Å². The SMILES string of the molecule is CC[C@@H](C)[C@@H]1NC(=O)N(Cc2ccccc2-c2cnn(C)c2)C1=O. The molecule has 126 valence electrons. The number of nitrogens with zero attached hydrogens (tertiary/aromatic N) is 3. The third kappa shape index (κ3) is 2.91. The largest absolute Gasteiger partial charge is 0.326 e. The predicted molar refractivity (Wildman–Crippen MR) is 91.0 cm³/mol. The van der Waals surface area contributed by atoms with Crippen molar-refractivity contribution in [1.29, 1.82) is 0 Å². The molecule has 1 aromatic heterocycles. The Bertz CT molecular complexity index is 768. The van der Waals surface area contributed by atoms with E-state index in [0.717, 1.165) is 23.1 Å². The van der Waals surface area contributed by atoms with Crippen molar-refractivity contribution in [2.24, 2.45) is 13.0 Å². The Labute approximate surface area is 141 Å². The van der Waals surface area contributed by atoms with Gasteiger partial charge in [-0.3, -0.25) is 14.4 Å². The fraction of sp³-hybridized carbons (Fsp3) is 0.389. The van der Waals surface area contributed by atoms with E-state index in [2.05, 4.69) is 10.4 Å². The molecule has 1 saturated heterocycles. The summed E-state index contributed by atoms with van der Waals surface area (Å²) in [5.74, 6) is -0.0182. The molecular formula is C18H22N4O2. The number of carbonyl (C=O) groups is 2. The second-order valence-electron chi connectivity index (χ2n) is 6.30. The first kappa shape index (κ1) is 16.2. The third-order valence-electron chi connectivity index (χ3n) is 4.63. The van der Waals surface area contributed by atoms with Crippen molar-refractivity contribution in [3.05, 3.63) is 42.2 Å². The highest BCUT2D eigenvalue weighted by Crippen LogP contribution is 2.26. The van der Waals surface area contributed by atoms with Gasteiger partial charge >= 0.3 is 6.03 Å². The molecule has 1 aliphatic rings. The fourth-order valence-electron chi connectivity index (χ4n) is 2.98. The number of imide groups is 1. The van der Waals surface area contributed by atoms with Gasteiger partial charge in [-0.05, 0) is 17.0 Å². The van der Waals surface area contributed by atoms with Crippen LogP contribution in [0.25, 0.3) is 11.1 Å². The summed E-state index contributed by atoms with van der Waals surface area (Å²) in [7, 11) is 1.86. The molecule has 1 fully saturated rings. The minimum Gasteiger partial charge on any atom is -0.326 e. The number of carbonyl (C=O) groups excluding carboxylic acids is 2. The summed E-state index contributed by atoms with van der Waals surface area (Å²) < 4.78 is 1.73. The lowest BCUT2D eigenvalue weighted by atomic mass is 9.99. The second kappa shape index (κ2) is 6.47. The number of hydrogen-bond donors (Lipinski definition) is 1. The normalized spacial score (nSPS) is 18.8. The van der Waals surface area contributed by atoms with E-state index in [1.54, 1.807) is 10.9 Å². The molecule has 6 heteroatoms. The van der Waals surface area contributed by atoms with Gasteiger partial charge in [0.05, 0.1) is 12.7 Å². The summed E-state index contributed by atoms with van der Waals surface area (Å²) in [5.41, 5.74) is 2.88. The summed E-state index contributed by atoms with van der Waals surface area (Å²) >= 11 is 0.